The van der Waals surface area contributed by atoms with Crippen molar-refractivity contribution in [3.63, 3.8) is 0 Å². The van der Waals surface area contributed by atoms with Crippen LogP contribution in [0.25, 0.3) is 0 Å². The van der Waals surface area contributed by atoms with Crippen LogP contribution in [0.2, 0.25) is 5.02 Å². The summed E-state index contributed by atoms with van der Waals surface area (Å²) in [4.78, 5) is 0. The van der Waals surface area contributed by atoms with E-state index in [1.165, 1.54) is 12.1 Å². The van der Waals surface area contributed by atoms with Gasteiger partial charge < -0.3 is 4.74 Å². The Morgan fingerprint density at radius 2 is 1.94 bits per heavy atom. The van der Waals surface area contributed by atoms with Gasteiger partial charge in [-0.3, -0.25) is 0 Å². The number of hydrogen-bond donors (Lipinski definition) is 0. The van der Waals surface area contributed by atoms with E-state index in [2.05, 4.69) is 0 Å². The summed E-state index contributed by atoms with van der Waals surface area (Å²) in [6, 6.07) is 3.73. The molecule has 0 spiro atoms. The summed E-state index contributed by atoms with van der Waals surface area (Å²) < 4.78 is 43.0. The molecule has 1 aliphatic rings. The SMILES string of the molecule is FC(F)(F)c1cccc(OC2CCC2)c1Cl. The molecule has 0 unspecified atom stereocenters. The molecule has 0 aliphatic heterocycles. The van der Waals surface area contributed by atoms with E-state index in [0.29, 0.717) is 0 Å². The fraction of sp³-hybridized carbons (Fsp3) is 0.455. The van der Waals surface area contributed by atoms with Gasteiger partial charge in [0.15, 0.2) is 0 Å². The van der Waals surface area contributed by atoms with Crippen molar-refractivity contribution in [2.45, 2.75) is 31.5 Å². The molecule has 1 fully saturated rings. The molecule has 2 rings (SSSR count). The molecular formula is C11H10ClF3O. The van der Waals surface area contributed by atoms with E-state index in [-0.39, 0.29) is 16.9 Å². The van der Waals surface area contributed by atoms with Crippen molar-refractivity contribution < 1.29 is 17.9 Å². The third kappa shape index (κ3) is 2.26. The first kappa shape index (κ1) is 11.6. The first-order valence-electron chi connectivity index (χ1n) is 5.01. The van der Waals surface area contributed by atoms with Crippen molar-refractivity contribution >= 4 is 11.6 Å². The van der Waals surface area contributed by atoms with Crippen LogP contribution in [0.15, 0.2) is 18.2 Å². The second kappa shape index (κ2) is 4.17. The van der Waals surface area contributed by atoms with E-state index >= 15 is 0 Å². The molecule has 0 amide bonds. The van der Waals surface area contributed by atoms with Crippen LogP contribution in [-0.2, 0) is 6.18 Å². The van der Waals surface area contributed by atoms with Gasteiger partial charge >= 0.3 is 6.18 Å². The van der Waals surface area contributed by atoms with Crippen molar-refractivity contribution in [2.24, 2.45) is 0 Å². The smallest absolute Gasteiger partial charge is 0.417 e. The molecule has 88 valence electrons. The second-order valence-electron chi connectivity index (χ2n) is 3.79. The van der Waals surface area contributed by atoms with Gasteiger partial charge in [0.2, 0.25) is 0 Å². The highest BCUT2D eigenvalue weighted by atomic mass is 35.5. The summed E-state index contributed by atoms with van der Waals surface area (Å²) >= 11 is 5.67. The molecular weight excluding hydrogens is 241 g/mol. The van der Waals surface area contributed by atoms with Crippen LogP contribution in [-0.4, -0.2) is 6.10 Å². The Morgan fingerprint density at radius 1 is 1.25 bits per heavy atom. The maximum atomic E-state index is 12.5. The van der Waals surface area contributed by atoms with Crippen molar-refractivity contribution in [3.05, 3.63) is 28.8 Å². The standard InChI is InChI=1S/C11H10ClF3O/c12-10-8(11(13,14)15)5-2-6-9(10)16-7-3-1-4-7/h2,5-7H,1,3-4H2. The van der Waals surface area contributed by atoms with Crippen LogP contribution >= 0.6 is 11.6 Å². The Labute approximate surface area is 96.2 Å². The Morgan fingerprint density at radius 3 is 2.44 bits per heavy atom. The van der Waals surface area contributed by atoms with Gasteiger partial charge in [0.05, 0.1) is 16.7 Å². The zero-order valence-corrected chi connectivity index (χ0v) is 9.11. The Kier molecular flexibility index (Phi) is 3.02. The Balaban J connectivity index is 2.25. The maximum Gasteiger partial charge on any atom is 0.417 e. The van der Waals surface area contributed by atoms with Crippen LogP contribution in [0.4, 0.5) is 13.2 Å². The average Bonchev–Trinajstić information content (AvgIpc) is 2.11. The minimum absolute atomic E-state index is 0.0148. The van der Waals surface area contributed by atoms with Gasteiger partial charge in [-0.2, -0.15) is 13.2 Å². The Hall–Kier alpha value is -0.900. The van der Waals surface area contributed by atoms with Crippen molar-refractivity contribution in [1.29, 1.82) is 0 Å². The lowest BCUT2D eigenvalue weighted by Gasteiger charge is -2.27. The van der Waals surface area contributed by atoms with E-state index < -0.39 is 11.7 Å². The highest BCUT2D eigenvalue weighted by Gasteiger charge is 2.34. The molecule has 1 nitrogen and oxygen atoms in total. The molecule has 0 aromatic heterocycles. The minimum atomic E-state index is -4.43. The molecule has 0 bridgehead atoms. The zero-order chi connectivity index (χ0) is 11.8. The maximum absolute atomic E-state index is 12.5. The van der Waals surface area contributed by atoms with Gasteiger partial charge in [-0.05, 0) is 31.4 Å². The van der Waals surface area contributed by atoms with Crippen LogP contribution in [0.5, 0.6) is 5.75 Å². The molecule has 1 aliphatic carbocycles. The van der Waals surface area contributed by atoms with Crippen LogP contribution < -0.4 is 4.74 Å². The lowest BCUT2D eigenvalue weighted by molar-refractivity contribution is -0.137. The topological polar surface area (TPSA) is 9.23 Å². The summed E-state index contributed by atoms with van der Waals surface area (Å²) in [5, 5.41) is -0.345. The monoisotopic (exact) mass is 250 g/mol. The van der Waals surface area contributed by atoms with Crippen molar-refractivity contribution in [1.82, 2.24) is 0 Å². The molecule has 1 saturated carbocycles. The largest absolute Gasteiger partial charge is 0.489 e. The second-order valence-corrected chi connectivity index (χ2v) is 4.16. The minimum Gasteiger partial charge on any atom is -0.489 e. The van der Waals surface area contributed by atoms with E-state index in [0.717, 1.165) is 25.3 Å². The van der Waals surface area contributed by atoms with Gasteiger partial charge in [-0.15, -0.1) is 0 Å². The van der Waals surface area contributed by atoms with Crippen molar-refractivity contribution in [3.8, 4) is 5.75 Å². The number of alkyl halides is 3. The predicted octanol–water partition coefficient (Wildman–Crippen LogP) is 4.29. The van der Waals surface area contributed by atoms with Gasteiger partial charge in [0.1, 0.15) is 5.75 Å². The molecule has 5 heteroatoms. The summed E-state index contributed by atoms with van der Waals surface area (Å²) in [7, 11) is 0. The fourth-order valence-corrected chi connectivity index (χ4v) is 1.77. The quantitative estimate of drug-likeness (QED) is 0.761. The first-order chi connectivity index (χ1) is 7.48. The number of rotatable bonds is 2. The van der Waals surface area contributed by atoms with Crippen molar-refractivity contribution in [2.75, 3.05) is 0 Å². The average molecular weight is 251 g/mol. The molecule has 0 atom stereocenters. The summed E-state index contributed by atoms with van der Waals surface area (Å²) in [6.07, 6.45) is -1.60. The van der Waals surface area contributed by atoms with Gasteiger partial charge in [-0.25, -0.2) is 0 Å². The third-order valence-electron chi connectivity index (χ3n) is 2.61. The summed E-state index contributed by atoms with van der Waals surface area (Å²) in [6.45, 7) is 0. The van der Waals surface area contributed by atoms with E-state index in [9.17, 15) is 13.2 Å². The fourth-order valence-electron chi connectivity index (χ4n) is 1.49. The van der Waals surface area contributed by atoms with Gasteiger partial charge in [0.25, 0.3) is 0 Å². The van der Waals surface area contributed by atoms with Crippen LogP contribution in [0, 0.1) is 0 Å². The molecule has 0 heterocycles. The van der Waals surface area contributed by atoms with E-state index in [1.54, 1.807) is 0 Å². The van der Waals surface area contributed by atoms with Crippen LogP contribution in [0.3, 0.4) is 0 Å². The molecule has 1 aromatic rings. The number of hydrogen-bond acceptors (Lipinski definition) is 1. The van der Waals surface area contributed by atoms with Gasteiger partial charge in [0, 0.05) is 0 Å². The third-order valence-corrected chi connectivity index (χ3v) is 3.00. The highest BCUT2D eigenvalue weighted by molar-refractivity contribution is 6.32. The zero-order valence-electron chi connectivity index (χ0n) is 8.35. The molecule has 1 aromatic carbocycles. The summed E-state index contributed by atoms with van der Waals surface area (Å²) in [5.41, 5.74) is -0.842. The summed E-state index contributed by atoms with van der Waals surface area (Å²) in [5.74, 6) is 0.126. The van der Waals surface area contributed by atoms with E-state index in [4.69, 9.17) is 16.3 Å². The highest BCUT2D eigenvalue weighted by Crippen LogP contribution is 2.40. The number of benzene rings is 1. The van der Waals surface area contributed by atoms with Crippen LogP contribution in [0.1, 0.15) is 24.8 Å². The molecule has 0 radical (unpaired) electrons. The predicted molar refractivity (Wildman–Crippen MR) is 54.7 cm³/mol. The molecule has 0 saturated heterocycles. The Bertz CT molecular complexity index is 385. The first-order valence-corrected chi connectivity index (χ1v) is 5.38. The van der Waals surface area contributed by atoms with Gasteiger partial charge in [-0.1, -0.05) is 17.7 Å². The number of ether oxygens (including phenoxy) is 1. The molecule has 16 heavy (non-hydrogen) atoms. The normalized spacial score (nSPS) is 17.0. The van der Waals surface area contributed by atoms with E-state index in [1.807, 2.05) is 0 Å². The number of halogens is 4. The lowest BCUT2D eigenvalue weighted by atomic mass is 9.96. The lowest BCUT2D eigenvalue weighted by Crippen LogP contribution is -2.24. The molecule has 0 N–H and O–H groups in total.